The molecule has 3 N–H and O–H groups in total. The van der Waals surface area contributed by atoms with E-state index in [-0.39, 0.29) is 12.5 Å². The lowest BCUT2D eigenvalue weighted by molar-refractivity contribution is -0.181. The molecular formula is C15H22O5. The highest BCUT2D eigenvalue weighted by Gasteiger charge is 2.33. The lowest BCUT2D eigenvalue weighted by atomic mass is 9.90. The molecule has 0 radical (unpaired) electrons. The van der Waals surface area contributed by atoms with Gasteiger partial charge in [-0.15, -0.1) is 0 Å². The molecule has 1 aliphatic rings. The summed E-state index contributed by atoms with van der Waals surface area (Å²) in [6.07, 6.45) is -3.02. The highest BCUT2D eigenvalue weighted by atomic mass is 16.7. The number of benzene rings is 1. The van der Waals surface area contributed by atoms with Crippen molar-refractivity contribution in [3.05, 3.63) is 29.8 Å². The van der Waals surface area contributed by atoms with Gasteiger partial charge < -0.3 is 24.8 Å². The zero-order valence-corrected chi connectivity index (χ0v) is 11.8. The van der Waals surface area contributed by atoms with E-state index in [2.05, 4.69) is 0 Å². The Morgan fingerprint density at radius 1 is 1.15 bits per heavy atom. The Labute approximate surface area is 118 Å². The molecule has 5 atom stereocenters. The zero-order chi connectivity index (χ0) is 14.7. The van der Waals surface area contributed by atoms with Gasteiger partial charge >= 0.3 is 0 Å². The summed E-state index contributed by atoms with van der Waals surface area (Å²) in [7, 11) is 0. The molecule has 4 unspecified atom stereocenters. The SMILES string of the molecule is CC1Oc2ccccc2C[C@@H](C)C(O)C(O)C(CO)O1. The first-order valence-electron chi connectivity index (χ1n) is 6.90. The van der Waals surface area contributed by atoms with E-state index >= 15 is 0 Å². The van der Waals surface area contributed by atoms with Crippen molar-refractivity contribution in [3.8, 4) is 5.75 Å². The van der Waals surface area contributed by atoms with Gasteiger partial charge in [0.2, 0.25) is 0 Å². The molecule has 0 saturated heterocycles. The van der Waals surface area contributed by atoms with Crippen molar-refractivity contribution in [3.63, 3.8) is 0 Å². The molecule has 0 aromatic heterocycles. The summed E-state index contributed by atoms with van der Waals surface area (Å²) < 4.78 is 11.2. The van der Waals surface area contributed by atoms with Crippen molar-refractivity contribution in [2.75, 3.05) is 6.61 Å². The number of hydrogen-bond acceptors (Lipinski definition) is 5. The highest BCUT2D eigenvalue weighted by molar-refractivity contribution is 5.34. The molecule has 1 aromatic rings. The van der Waals surface area contributed by atoms with Crippen molar-refractivity contribution in [1.29, 1.82) is 0 Å². The Hall–Kier alpha value is -1.14. The van der Waals surface area contributed by atoms with Crippen LogP contribution in [-0.4, -0.2) is 46.5 Å². The van der Waals surface area contributed by atoms with Gasteiger partial charge in [0.15, 0.2) is 6.29 Å². The quantitative estimate of drug-likeness (QED) is 0.707. The number of hydrogen-bond donors (Lipinski definition) is 3. The number of ether oxygens (including phenoxy) is 2. The van der Waals surface area contributed by atoms with Gasteiger partial charge in [0.25, 0.3) is 0 Å². The summed E-state index contributed by atoms with van der Waals surface area (Å²) in [5, 5.41) is 29.6. The van der Waals surface area contributed by atoms with Crippen LogP contribution < -0.4 is 4.74 Å². The average molecular weight is 282 g/mol. The van der Waals surface area contributed by atoms with Gasteiger partial charge in [-0.1, -0.05) is 25.1 Å². The van der Waals surface area contributed by atoms with E-state index in [1.807, 2.05) is 31.2 Å². The van der Waals surface area contributed by atoms with E-state index in [1.54, 1.807) is 6.92 Å². The first kappa shape index (κ1) is 15.3. The maximum Gasteiger partial charge on any atom is 0.197 e. The largest absolute Gasteiger partial charge is 0.465 e. The molecule has 0 saturated carbocycles. The minimum Gasteiger partial charge on any atom is -0.465 e. The van der Waals surface area contributed by atoms with Crippen molar-refractivity contribution in [2.24, 2.45) is 5.92 Å². The van der Waals surface area contributed by atoms with Gasteiger partial charge in [0.1, 0.15) is 18.0 Å². The summed E-state index contributed by atoms with van der Waals surface area (Å²) in [6, 6.07) is 7.56. The van der Waals surface area contributed by atoms with Crippen LogP contribution in [0.1, 0.15) is 19.4 Å². The molecule has 1 aliphatic heterocycles. The summed E-state index contributed by atoms with van der Waals surface area (Å²) in [5.74, 6) is 0.521. The third-order valence-electron chi connectivity index (χ3n) is 3.67. The third-order valence-corrected chi connectivity index (χ3v) is 3.67. The van der Waals surface area contributed by atoms with E-state index in [1.165, 1.54) is 0 Å². The monoisotopic (exact) mass is 282 g/mol. The number of fused-ring (bicyclic) bond motifs is 1. The predicted octanol–water partition coefficient (Wildman–Crippen LogP) is 0.703. The minimum atomic E-state index is -1.15. The molecule has 5 heteroatoms. The van der Waals surface area contributed by atoms with E-state index in [4.69, 9.17) is 9.47 Å². The lowest BCUT2D eigenvalue weighted by Crippen LogP contribution is -2.47. The standard InChI is InChI=1S/C15H22O5/c1-9-7-11-5-3-4-6-12(11)19-10(2)20-13(8-16)15(18)14(9)17/h3-6,9-10,13-18H,7-8H2,1-2H3/t9-,10?,13?,14?,15?/m1/s1. The number of aliphatic hydroxyl groups is 3. The van der Waals surface area contributed by atoms with Gasteiger partial charge in [-0.2, -0.15) is 0 Å². The van der Waals surface area contributed by atoms with Crippen molar-refractivity contribution >= 4 is 0 Å². The fraction of sp³-hybridized carbons (Fsp3) is 0.600. The normalized spacial score (nSPS) is 35.0. The topological polar surface area (TPSA) is 79.2 Å². The molecule has 0 bridgehead atoms. The van der Waals surface area contributed by atoms with Gasteiger partial charge in [0, 0.05) is 0 Å². The van der Waals surface area contributed by atoms with Gasteiger partial charge in [0.05, 0.1) is 12.7 Å². The lowest BCUT2D eigenvalue weighted by Gasteiger charge is -2.33. The van der Waals surface area contributed by atoms with Gasteiger partial charge in [-0.3, -0.25) is 0 Å². The smallest absolute Gasteiger partial charge is 0.197 e. The molecule has 1 aromatic carbocycles. The summed E-state index contributed by atoms with van der Waals surface area (Å²) in [6.45, 7) is 3.17. The fourth-order valence-electron chi connectivity index (χ4n) is 2.50. The summed E-state index contributed by atoms with van der Waals surface area (Å²) >= 11 is 0. The van der Waals surface area contributed by atoms with E-state index in [0.29, 0.717) is 12.2 Å². The van der Waals surface area contributed by atoms with Crippen LogP contribution in [0.4, 0.5) is 0 Å². The highest BCUT2D eigenvalue weighted by Crippen LogP contribution is 2.27. The van der Waals surface area contributed by atoms with Crippen LogP contribution in [0.25, 0.3) is 0 Å². The molecule has 0 spiro atoms. The Kier molecular flexibility index (Phi) is 4.99. The molecule has 1 heterocycles. The minimum absolute atomic E-state index is 0.180. The average Bonchev–Trinajstić information content (AvgIpc) is 2.44. The van der Waals surface area contributed by atoms with E-state index in [0.717, 1.165) is 5.56 Å². The fourth-order valence-corrected chi connectivity index (χ4v) is 2.50. The van der Waals surface area contributed by atoms with Crippen LogP contribution in [-0.2, 0) is 11.2 Å². The van der Waals surface area contributed by atoms with Crippen molar-refractivity contribution < 1.29 is 24.8 Å². The Balaban J connectivity index is 2.31. The maximum absolute atomic E-state index is 10.2. The molecular weight excluding hydrogens is 260 g/mol. The predicted molar refractivity (Wildman–Crippen MR) is 73.4 cm³/mol. The second kappa shape index (κ2) is 6.54. The molecule has 2 rings (SSSR count). The third kappa shape index (κ3) is 3.30. The first-order chi connectivity index (χ1) is 9.52. The second-order valence-corrected chi connectivity index (χ2v) is 5.31. The number of para-hydroxylation sites is 1. The maximum atomic E-state index is 10.2. The number of aliphatic hydroxyl groups excluding tert-OH is 3. The molecule has 5 nitrogen and oxygen atoms in total. The van der Waals surface area contributed by atoms with Crippen molar-refractivity contribution in [2.45, 2.75) is 44.9 Å². The first-order valence-corrected chi connectivity index (χ1v) is 6.90. The van der Waals surface area contributed by atoms with Crippen molar-refractivity contribution in [1.82, 2.24) is 0 Å². The summed E-state index contributed by atoms with van der Waals surface area (Å²) in [5.41, 5.74) is 0.962. The Morgan fingerprint density at radius 2 is 1.85 bits per heavy atom. The number of rotatable bonds is 1. The molecule has 20 heavy (non-hydrogen) atoms. The van der Waals surface area contributed by atoms with Crippen LogP contribution >= 0.6 is 0 Å². The van der Waals surface area contributed by atoms with E-state index < -0.39 is 24.6 Å². The Morgan fingerprint density at radius 3 is 2.55 bits per heavy atom. The Bertz CT molecular complexity index is 436. The molecule has 0 amide bonds. The molecule has 0 fully saturated rings. The van der Waals surface area contributed by atoms with E-state index in [9.17, 15) is 15.3 Å². The van der Waals surface area contributed by atoms with Crippen LogP contribution in [0.3, 0.4) is 0 Å². The van der Waals surface area contributed by atoms with Gasteiger partial charge in [-0.25, -0.2) is 0 Å². The van der Waals surface area contributed by atoms with Crippen LogP contribution in [0.5, 0.6) is 5.75 Å². The van der Waals surface area contributed by atoms with Crippen LogP contribution in [0.2, 0.25) is 0 Å². The molecule has 112 valence electrons. The van der Waals surface area contributed by atoms with Crippen LogP contribution in [0, 0.1) is 5.92 Å². The summed E-state index contributed by atoms with van der Waals surface area (Å²) in [4.78, 5) is 0. The molecule has 0 aliphatic carbocycles. The van der Waals surface area contributed by atoms with Crippen LogP contribution in [0.15, 0.2) is 24.3 Å². The van der Waals surface area contributed by atoms with Gasteiger partial charge in [-0.05, 0) is 30.9 Å². The zero-order valence-electron chi connectivity index (χ0n) is 11.8. The second-order valence-electron chi connectivity index (χ2n) is 5.31.